The molecule has 1 aromatic heterocycles. The summed E-state index contributed by atoms with van der Waals surface area (Å²) in [4.78, 5) is 23.5. The van der Waals surface area contributed by atoms with Crippen molar-refractivity contribution in [3.63, 3.8) is 0 Å². The monoisotopic (exact) mass is 299 g/mol. The normalized spacial score (nSPS) is 12.0. The third kappa shape index (κ3) is 4.63. The van der Waals surface area contributed by atoms with Gasteiger partial charge in [-0.15, -0.1) is 0 Å². The molecule has 1 N–H and O–H groups in total. The summed E-state index contributed by atoms with van der Waals surface area (Å²) in [6, 6.07) is 12.3. The molecule has 0 aliphatic rings. The molecule has 114 valence electrons. The van der Waals surface area contributed by atoms with Crippen LogP contribution in [0.25, 0.3) is 6.08 Å². The Labute approximate surface area is 128 Å². The van der Waals surface area contributed by atoms with Crippen LogP contribution in [0.2, 0.25) is 0 Å². The zero-order valence-corrected chi connectivity index (χ0v) is 12.2. The fraction of sp³-hybridized carbons (Fsp3) is 0.176. The molecular weight excluding hydrogens is 282 g/mol. The molecule has 5 nitrogen and oxygen atoms in total. The van der Waals surface area contributed by atoms with E-state index < -0.39 is 6.04 Å². The predicted molar refractivity (Wildman–Crippen MR) is 81.7 cm³/mol. The van der Waals surface area contributed by atoms with Crippen LogP contribution in [0.3, 0.4) is 0 Å². The lowest BCUT2D eigenvalue weighted by atomic mass is 10.0. The number of carbonyl (C=O) groups is 2. The van der Waals surface area contributed by atoms with Crippen LogP contribution in [0.1, 0.15) is 23.8 Å². The number of rotatable bonds is 6. The van der Waals surface area contributed by atoms with E-state index in [0.717, 1.165) is 5.56 Å². The lowest BCUT2D eigenvalue weighted by molar-refractivity contribution is -0.141. The van der Waals surface area contributed by atoms with Crippen molar-refractivity contribution >= 4 is 18.0 Å². The van der Waals surface area contributed by atoms with Crippen LogP contribution >= 0.6 is 0 Å². The second-order valence-corrected chi connectivity index (χ2v) is 4.60. The lowest BCUT2D eigenvalue weighted by Gasteiger charge is -2.17. The van der Waals surface area contributed by atoms with Gasteiger partial charge in [-0.05, 0) is 23.8 Å². The van der Waals surface area contributed by atoms with Crippen molar-refractivity contribution in [3.8, 4) is 0 Å². The van der Waals surface area contributed by atoms with Crippen molar-refractivity contribution < 1.29 is 18.7 Å². The van der Waals surface area contributed by atoms with Gasteiger partial charge in [-0.2, -0.15) is 0 Å². The van der Waals surface area contributed by atoms with E-state index >= 15 is 0 Å². The highest BCUT2D eigenvalue weighted by molar-refractivity contribution is 5.92. The van der Waals surface area contributed by atoms with Gasteiger partial charge in [0.25, 0.3) is 0 Å². The molecule has 0 saturated heterocycles. The van der Waals surface area contributed by atoms with Crippen LogP contribution in [-0.2, 0) is 14.3 Å². The summed E-state index contributed by atoms with van der Waals surface area (Å²) < 4.78 is 9.79. The van der Waals surface area contributed by atoms with Gasteiger partial charge in [0.05, 0.1) is 25.8 Å². The Bertz CT molecular complexity index is 632. The number of methoxy groups -OCH3 is 1. The maximum atomic E-state index is 12.0. The third-order valence-electron chi connectivity index (χ3n) is 3.06. The molecule has 0 fully saturated rings. The Morgan fingerprint density at radius 2 is 2.00 bits per heavy atom. The second kappa shape index (κ2) is 7.83. The van der Waals surface area contributed by atoms with E-state index in [9.17, 15) is 9.59 Å². The van der Waals surface area contributed by atoms with Gasteiger partial charge < -0.3 is 14.5 Å². The zero-order valence-electron chi connectivity index (χ0n) is 12.2. The highest BCUT2D eigenvalue weighted by Crippen LogP contribution is 2.17. The molecule has 1 heterocycles. The molecule has 1 unspecified atom stereocenters. The summed E-state index contributed by atoms with van der Waals surface area (Å²) in [5.41, 5.74) is 0.840. The van der Waals surface area contributed by atoms with E-state index in [4.69, 9.17) is 4.42 Å². The fourth-order valence-electron chi connectivity index (χ4n) is 1.95. The molecule has 0 saturated carbocycles. The van der Waals surface area contributed by atoms with Crippen molar-refractivity contribution in [2.45, 2.75) is 12.5 Å². The molecular formula is C17H17NO4. The van der Waals surface area contributed by atoms with Crippen molar-refractivity contribution in [2.24, 2.45) is 0 Å². The SMILES string of the molecule is COC(=O)CC(NC(=O)/C=C/c1ccco1)c1ccccc1. The number of hydrogen-bond acceptors (Lipinski definition) is 4. The number of carbonyl (C=O) groups excluding carboxylic acids is 2. The molecule has 1 aromatic carbocycles. The number of furan rings is 1. The van der Waals surface area contributed by atoms with Crippen molar-refractivity contribution in [1.29, 1.82) is 0 Å². The van der Waals surface area contributed by atoms with Crippen LogP contribution in [-0.4, -0.2) is 19.0 Å². The molecule has 0 radical (unpaired) electrons. The predicted octanol–water partition coefficient (Wildman–Crippen LogP) is 2.71. The quantitative estimate of drug-likeness (QED) is 0.658. The van der Waals surface area contributed by atoms with Gasteiger partial charge in [-0.3, -0.25) is 9.59 Å². The van der Waals surface area contributed by atoms with E-state index in [1.807, 2.05) is 30.3 Å². The van der Waals surface area contributed by atoms with Crippen LogP contribution in [0.4, 0.5) is 0 Å². The highest BCUT2D eigenvalue weighted by Gasteiger charge is 2.17. The average Bonchev–Trinajstić information content (AvgIpc) is 3.06. The van der Waals surface area contributed by atoms with Crippen LogP contribution in [0, 0.1) is 0 Å². The summed E-state index contributed by atoms with van der Waals surface area (Å²) in [5, 5.41) is 2.79. The van der Waals surface area contributed by atoms with Crippen molar-refractivity contribution in [1.82, 2.24) is 5.32 Å². The smallest absolute Gasteiger partial charge is 0.307 e. The van der Waals surface area contributed by atoms with Gasteiger partial charge in [0.1, 0.15) is 5.76 Å². The number of hydrogen-bond donors (Lipinski definition) is 1. The topological polar surface area (TPSA) is 68.5 Å². The van der Waals surface area contributed by atoms with Gasteiger partial charge in [-0.1, -0.05) is 30.3 Å². The van der Waals surface area contributed by atoms with E-state index in [0.29, 0.717) is 5.76 Å². The summed E-state index contributed by atoms with van der Waals surface area (Å²) in [5.74, 6) is -0.113. The van der Waals surface area contributed by atoms with E-state index in [1.165, 1.54) is 19.4 Å². The van der Waals surface area contributed by atoms with Crippen LogP contribution in [0.5, 0.6) is 0 Å². The first-order valence-corrected chi connectivity index (χ1v) is 6.83. The third-order valence-corrected chi connectivity index (χ3v) is 3.06. The minimum Gasteiger partial charge on any atom is -0.469 e. The molecule has 0 bridgehead atoms. The maximum absolute atomic E-state index is 12.0. The van der Waals surface area contributed by atoms with Gasteiger partial charge in [-0.25, -0.2) is 0 Å². The number of benzene rings is 1. The summed E-state index contributed by atoms with van der Waals surface area (Å²) in [6.45, 7) is 0. The van der Waals surface area contributed by atoms with Gasteiger partial charge in [0, 0.05) is 6.08 Å². The standard InChI is InChI=1S/C17H17NO4/c1-21-17(20)12-15(13-6-3-2-4-7-13)18-16(19)10-9-14-8-5-11-22-14/h2-11,15H,12H2,1H3,(H,18,19)/b10-9+. The summed E-state index contributed by atoms with van der Waals surface area (Å²) in [7, 11) is 1.32. The molecule has 1 atom stereocenters. The minimum absolute atomic E-state index is 0.0703. The second-order valence-electron chi connectivity index (χ2n) is 4.60. The largest absolute Gasteiger partial charge is 0.469 e. The first-order valence-electron chi connectivity index (χ1n) is 6.83. The minimum atomic E-state index is -0.442. The van der Waals surface area contributed by atoms with Crippen LogP contribution < -0.4 is 5.32 Å². The molecule has 2 aromatic rings. The highest BCUT2D eigenvalue weighted by atomic mass is 16.5. The van der Waals surface area contributed by atoms with Crippen LogP contribution in [0.15, 0.2) is 59.2 Å². The number of nitrogens with one attached hydrogen (secondary N) is 1. The molecule has 5 heteroatoms. The average molecular weight is 299 g/mol. The van der Waals surface area contributed by atoms with E-state index in [2.05, 4.69) is 10.1 Å². The maximum Gasteiger partial charge on any atom is 0.307 e. The van der Waals surface area contributed by atoms with Gasteiger partial charge in [0.15, 0.2) is 0 Å². The molecule has 0 spiro atoms. The molecule has 1 amide bonds. The van der Waals surface area contributed by atoms with Crippen molar-refractivity contribution in [3.05, 3.63) is 66.1 Å². The molecule has 22 heavy (non-hydrogen) atoms. The van der Waals surface area contributed by atoms with Crippen molar-refractivity contribution in [2.75, 3.05) is 7.11 Å². The van der Waals surface area contributed by atoms with Gasteiger partial charge in [0.2, 0.25) is 5.91 Å². The van der Waals surface area contributed by atoms with E-state index in [-0.39, 0.29) is 18.3 Å². The molecule has 0 aliphatic carbocycles. The lowest BCUT2D eigenvalue weighted by Crippen LogP contribution is -2.29. The Balaban J connectivity index is 2.05. The Kier molecular flexibility index (Phi) is 5.54. The number of esters is 1. The Morgan fingerprint density at radius 3 is 2.64 bits per heavy atom. The number of amides is 1. The fourth-order valence-corrected chi connectivity index (χ4v) is 1.95. The summed E-state index contributed by atoms with van der Waals surface area (Å²) in [6.07, 6.45) is 4.53. The summed E-state index contributed by atoms with van der Waals surface area (Å²) >= 11 is 0. The van der Waals surface area contributed by atoms with Gasteiger partial charge >= 0.3 is 5.97 Å². The van der Waals surface area contributed by atoms with E-state index in [1.54, 1.807) is 18.2 Å². The first kappa shape index (κ1) is 15.6. The Morgan fingerprint density at radius 1 is 1.23 bits per heavy atom. The first-order chi connectivity index (χ1) is 10.7. The molecule has 2 rings (SSSR count). The number of ether oxygens (including phenoxy) is 1. The molecule has 0 aliphatic heterocycles. The zero-order chi connectivity index (χ0) is 15.8. The Hall–Kier alpha value is -2.82.